The van der Waals surface area contributed by atoms with E-state index in [0.29, 0.717) is 37.9 Å². The summed E-state index contributed by atoms with van der Waals surface area (Å²) >= 11 is 0. The molecule has 1 aromatic carbocycles. The molecule has 2 heterocycles. The van der Waals surface area contributed by atoms with E-state index in [1.807, 2.05) is 6.07 Å². The van der Waals surface area contributed by atoms with E-state index in [0.717, 1.165) is 11.5 Å². The van der Waals surface area contributed by atoms with Gasteiger partial charge in [-0.3, -0.25) is 4.79 Å². The van der Waals surface area contributed by atoms with Gasteiger partial charge in [0.2, 0.25) is 0 Å². The van der Waals surface area contributed by atoms with Crippen molar-refractivity contribution in [3.63, 3.8) is 0 Å². The van der Waals surface area contributed by atoms with Crippen LogP contribution in [0.2, 0.25) is 0 Å². The van der Waals surface area contributed by atoms with Crippen molar-refractivity contribution in [1.82, 2.24) is 15.1 Å². The fourth-order valence-electron chi connectivity index (χ4n) is 3.96. The van der Waals surface area contributed by atoms with Crippen molar-refractivity contribution in [2.75, 3.05) is 36.4 Å². The number of rotatable bonds is 4. The average molecular weight is 383 g/mol. The van der Waals surface area contributed by atoms with E-state index < -0.39 is 0 Å². The first-order chi connectivity index (χ1) is 13.7. The summed E-state index contributed by atoms with van der Waals surface area (Å²) in [5, 5.41) is 11.8. The molecule has 0 radical (unpaired) electrons. The van der Waals surface area contributed by atoms with Crippen molar-refractivity contribution in [2.24, 2.45) is 0 Å². The van der Waals surface area contributed by atoms with Crippen molar-refractivity contribution in [3.05, 3.63) is 47.9 Å². The molecule has 1 aromatic heterocycles. The maximum absolute atomic E-state index is 13.1. The van der Waals surface area contributed by atoms with Crippen LogP contribution < -0.4 is 10.2 Å². The maximum atomic E-state index is 13.1. The zero-order valence-corrected chi connectivity index (χ0v) is 16.0. The number of hydrogen-bond donors (Lipinski definition) is 1. The SMILES string of the molecule is O=C(c1ccc(NC2CCCCC2)nn1)N1CCN(c2ccc(F)cc2)CC1. The van der Waals surface area contributed by atoms with E-state index >= 15 is 0 Å². The highest BCUT2D eigenvalue weighted by molar-refractivity contribution is 5.92. The summed E-state index contributed by atoms with van der Waals surface area (Å²) in [6.45, 7) is 2.65. The Morgan fingerprint density at radius 1 is 0.929 bits per heavy atom. The van der Waals surface area contributed by atoms with E-state index in [4.69, 9.17) is 0 Å². The van der Waals surface area contributed by atoms with Gasteiger partial charge in [-0.25, -0.2) is 4.39 Å². The number of aromatic nitrogens is 2. The van der Waals surface area contributed by atoms with E-state index in [1.165, 1.54) is 44.2 Å². The van der Waals surface area contributed by atoms with Crippen LogP contribution in [0.15, 0.2) is 36.4 Å². The molecule has 2 aliphatic rings. The second-order valence-corrected chi connectivity index (χ2v) is 7.54. The summed E-state index contributed by atoms with van der Waals surface area (Å²) in [7, 11) is 0. The summed E-state index contributed by atoms with van der Waals surface area (Å²) in [4.78, 5) is 16.7. The number of nitrogens with one attached hydrogen (secondary N) is 1. The third-order valence-electron chi connectivity index (χ3n) is 5.60. The Bertz CT molecular complexity index is 781. The maximum Gasteiger partial charge on any atom is 0.274 e. The Labute approximate surface area is 164 Å². The molecule has 0 spiro atoms. The molecular weight excluding hydrogens is 357 g/mol. The Morgan fingerprint density at radius 2 is 1.64 bits per heavy atom. The van der Waals surface area contributed by atoms with Crippen LogP contribution in [-0.4, -0.2) is 53.2 Å². The lowest BCUT2D eigenvalue weighted by atomic mass is 9.95. The van der Waals surface area contributed by atoms with Gasteiger partial charge in [-0.05, 0) is 49.2 Å². The highest BCUT2D eigenvalue weighted by Crippen LogP contribution is 2.21. The number of carbonyl (C=O) groups is 1. The number of carbonyl (C=O) groups excluding carboxylic acids is 1. The third kappa shape index (κ3) is 4.40. The Morgan fingerprint density at radius 3 is 2.29 bits per heavy atom. The van der Waals surface area contributed by atoms with Gasteiger partial charge in [0, 0.05) is 37.9 Å². The molecule has 7 heteroatoms. The van der Waals surface area contributed by atoms with Crippen LogP contribution >= 0.6 is 0 Å². The van der Waals surface area contributed by atoms with Crippen LogP contribution in [0.1, 0.15) is 42.6 Å². The second-order valence-electron chi connectivity index (χ2n) is 7.54. The van der Waals surface area contributed by atoms with E-state index in [-0.39, 0.29) is 11.7 Å². The molecule has 2 fully saturated rings. The quantitative estimate of drug-likeness (QED) is 0.878. The van der Waals surface area contributed by atoms with Gasteiger partial charge in [0.25, 0.3) is 5.91 Å². The number of nitrogens with zero attached hydrogens (tertiary/aromatic N) is 4. The summed E-state index contributed by atoms with van der Waals surface area (Å²) in [5.74, 6) is 0.414. The van der Waals surface area contributed by atoms with E-state index in [9.17, 15) is 9.18 Å². The molecule has 1 saturated heterocycles. The molecule has 1 aliphatic heterocycles. The zero-order chi connectivity index (χ0) is 19.3. The fraction of sp³-hybridized carbons (Fsp3) is 0.476. The smallest absolute Gasteiger partial charge is 0.274 e. The highest BCUT2D eigenvalue weighted by Gasteiger charge is 2.23. The molecule has 0 unspecified atom stereocenters. The Hall–Kier alpha value is -2.70. The van der Waals surface area contributed by atoms with Crippen molar-refractivity contribution < 1.29 is 9.18 Å². The van der Waals surface area contributed by atoms with Crippen molar-refractivity contribution in [3.8, 4) is 0 Å². The minimum absolute atomic E-state index is 0.0875. The van der Waals surface area contributed by atoms with Crippen LogP contribution in [-0.2, 0) is 0 Å². The average Bonchev–Trinajstić information content (AvgIpc) is 2.75. The molecule has 1 amide bonds. The first-order valence-electron chi connectivity index (χ1n) is 10.1. The normalized spacial score (nSPS) is 18.2. The van der Waals surface area contributed by atoms with Crippen LogP contribution in [0.25, 0.3) is 0 Å². The zero-order valence-electron chi connectivity index (χ0n) is 16.0. The summed E-state index contributed by atoms with van der Waals surface area (Å²) in [5.41, 5.74) is 1.36. The van der Waals surface area contributed by atoms with Gasteiger partial charge in [-0.1, -0.05) is 19.3 Å². The lowest BCUT2D eigenvalue weighted by Gasteiger charge is -2.35. The first-order valence-corrected chi connectivity index (χ1v) is 10.1. The molecule has 6 nitrogen and oxygen atoms in total. The lowest BCUT2D eigenvalue weighted by Crippen LogP contribution is -2.49. The number of hydrogen-bond acceptors (Lipinski definition) is 5. The molecule has 1 N–H and O–H groups in total. The van der Waals surface area contributed by atoms with Gasteiger partial charge in [0.15, 0.2) is 5.69 Å². The number of amides is 1. The van der Waals surface area contributed by atoms with Crippen molar-refractivity contribution in [2.45, 2.75) is 38.1 Å². The van der Waals surface area contributed by atoms with Gasteiger partial charge in [0.1, 0.15) is 11.6 Å². The summed E-state index contributed by atoms with van der Waals surface area (Å²) in [6.07, 6.45) is 6.16. The van der Waals surface area contributed by atoms with Crippen LogP contribution in [0.4, 0.5) is 15.9 Å². The predicted molar refractivity (Wildman–Crippen MR) is 107 cm³/mol. The summed E-state index contributed by atoms with van der Waals surface area (Å²) < 4.78 is 13.1. The lowest BCUT2D eigenvalue weighted by molar-refractivity contribution is 0.0739. The minimum atomic E-state index is -0.238. The van der Waals surface area contributed by atoms with Crippen molar-refractivity contribution in [1.29, 1.82) is 0 Å². The Balaban J connectivity index is 1.31. The summed E-state index contributed by atoms with van der Waals surface area (Å²) in [6, 6.07) is 10.5. The van der Waals surface area contributed by atoms with Crippen LogP contribution in [0.5, 0.6) is 0 Å². The largest absolute Gasteiger partial charge is 0.368 e. The van der Waals surface area contributed by atoms with Gasteiger partial charge in [0.05, 0.1) is 0 Å². The topological polar surface area (TPSA) is 61.4 Å². The standard InChI is InChI=1S/C21H26FN5O/c22-16-6-8-18(9-7-16)26-12-14-27(15-13-26)21(28)19-10-11-20(25-24-19)23-17-4-2-1-3-5-17/h6-11,17H,1-5,12-15H2,(H,23,25). The highest BCUT2D eigenvalue weighted by atomic mass is 19.1. The third-order valence-corrected chi connectivity index (χ3v) is 5.60. The molecule has 0 bridgehead atoms. The molecule has 0 atom stereocenters. The number of halogens is 1. The molecule has 1 aliphatic carbocycles. The minimum Gasteiger partial charge on any atom is -0.368 e. The molecular formula is C21H26FN5O. The predicted octanol–water partition coefficient (Wildman–Crippen LogP) is 3.32. The fourth-order valence-corrected chi connectivity index (χ4v) is 3.96. The van der Waals surface area contributed by atoms with Gasteiger partial charge < -0.3 is 15.1 Å². The van der Waals surface area contributed by atoms with Gasteiger partial charge in [-0.15, -0.1) is 10.2 Å². The van der Waals surface area contributed by atoms with Gasteiger partial charge in [-0.2, -0.15) is 0 Å². The molecule has 4 rings (SSSR count). The molecule has 148 valence electrons. The van der Waals surface area contributed by atoms with E-state index in [1.54, 1.807) is 23.1 Å². The van der Waals surface area contributed by atoms with Gasteiger partial charge >= 0.3 is 0 Å². The van der Waals surface area contributed by atoms with Crippen LogP contribution in [0.3, 0.4) is 0 Å². The number of anilines is 2. The second kappa shape index (κ2) is 8.54. The molecule has 1 saturated carbocycles. The monoisotopic (exact) mass is 383 g/mol. The van der Waals surface area contributed by atoms with E-state index in [2.05, 4.69) is 20.4 Å². The Kier molecular flexibility index (Phi) is 5.69. The van der Waals surface area contributed by atoms with Crippen LogP contribution in [0, 0.1) is 5.82 Å². The molecule has 28 heavy (non-hydrogen) atoms. The molecule has 2 aromatic rings. The number of benzene rings is 1. The van der Waals surface area contributed by atoms with Crippen molar-refractivity contribution >= 4 is 17.4 Å². The first kappa shape index (κ1) is 18.7. The number of piperazine rings is 1.